The van der Waals surface area contributed by atoms with Crippen LogP contribution in [0, 0.1) is 0 Å². The van der Waals surface area contributed by atoms with Crippen molar-refractivity contribution in [2.75, 3.05) is 20.7 Å². The SMILES string of the molecule is CNCC(O)c1ccc(Br)c(OC)c1O. The van der Waals surface area contributed by atoms with Crippen molar-refractivity contribution in [2.24, 2.45) is 0 Å². The lowest BCUT2D eigenvalue weighted by atomic mass is 10.1. The van der Waals surface area contributed by atoms with Gasteiger partial charge in [0.2, 0.25) is 0 Å². The molecule has 4 nitrogen and oxygen atoms in total. The molecule has 0 aromatic heterocycles. The predicted molar refractivity (Wildman–Crippen MR) is 61.2 cm³/mol. The van der Waals surface area contributed by atoms with E-state index in [1.54, 1.807) is 19.2 Å². The van der Waals surface area contributed by atoms with Crippen LogP contribution in [-0.4, -0.2) is 30.9 Å². The fourth-order valence-corrected chi connectivity index (χ4v) is 1.81. The molecule has 5 heteroatoms. The molecule has 15 heavy (non-hydrogen) atoms. The summed E-state index contributed by atoms with van der Waals surface area (Å²) < 4.78 is 5.67. The zero-order chi connectivity index (χ0) is 11.4. The standard InChI is InChI=1S/C10H14BrNO3/c1-12-5-8(13)6-3-4-7(11)10(15-2)9(6)14/h3-4,8,12-14H,5H2,1-2H3. The van der Waals surface area contributed by atoms with Crippen molar-refractivity contribution >= 4 is 15.9 Å². The lowest BCUT2D eigenvalue weighted by Gasteiger charge is -2.15. The Morgan fingerprint density at radius 2 is 2.20 bits per heavy atom. The van der Waals surface area contributed by atoms with E-state index in [0.29, 0.717) is 22.3 Å². The monoisotopic (exact) mass is 275 g/mol. The maximum atomic E-state index is 9.82. The molecule has 84 valence electrons. The third kappa shape index (κ3) is 2.62. The summed E-state index contributed by atoms with van der Waals surface area (Å²) in [5, 5.41) is 22.4. The van der Waals surface area contributed by atoms with Crippen LogP contribution in [0.2, 0.25) is 0 Å². The highest BCUT2D eigenvalue weighted by Crippen LogP contribution is 2.39. The highest BCUT2D eigenvalue weighted by Gasteiger charge is 2.17. The normalized spacial score (nSPS) is 12.5. The van der Waals surface area contributed by atoms with Gasteiger partial charge in [0.05, 0.1) is 17.7 Å². The van der Waals surface area contributed by atoms with Crippen LogP contribution >= 0.6 is 15.9 Å². The Morgan fingerprint density at radius 1 is 1.53 bits per heavy atom. The maximum absolute atomic E-state index is 9.82. The number of rotatable bonds is 4. The minimum atomic E-state index is -0.753. The number of benzene rings is 1. The van der Waals surface area contributed by atoms with Crippen LogP contribution in [0.3, 0.4) is 0 Å². The number of nitrogens with one attached hydrogen (secondary N) is 1. The van der Waals surface area contributed by atoms with Crippen LogP contribution < -0.4 is 10.1 Å². The summed E-state index contributed by atoms with van der Waals surface area (Å²) in [6.45, 7) is 0.373. The zero-order valence-electron chi connectivity index (χ0n) is 8.62. The van der Waals surface area contributed by atoms with Gasteiger partial charge < -0.3 is 20.3 Å². The van der Waals surface area contributed by atoms with Gasteiger partial charge >= 0.3 is 0 Å². The van der Waals surface area contributed by atoms with Gasteiger partial charge in [-0.25, -0.2) is 0 Å². The fraction of sp³-hybridized carbons (Fsp3) is 0.400. The number of aliphatic hydroxyl groups excluding tert-OH is 1. The number of aromatic hydroxyl groups is 1. The molecular weight excluding hydrogens is 262 g/mol. The van der Waals surface area contributed by atoms with Crippen LogP contribution in [0.5, 0.6) is 11.5 Å². The van der Waals surface area contributed by atoms with Gasteiger partial charge in [-0.05, 0) is 29.0 Å². The first-order chi connectivity index (χ1) is 7.11. The zero-order valence-corrected chi connectivity index (χ0v) is 10.2. The molecule has 0 bridgehead atoms. The van der Waals surface area contributed by atoms with Crippen LogP contribution in [0.25, 0.3) is 0 Å². The van der Waals surface area contributed by atoms with E-state index in [9.17, 15) is 10.2 Å². The highest BCUT2D eigenvalue weighted by atomic mass is 79.9. The summed E-state index contributed by atoms with van der Waals surface area (Å²) in [5.74, 6) is 0.303. The molecule has 0 aliphatic rings. The van der Waals surface area contributed by atoms with Crippen molar-refractivity contribution < 1.29 is 14.9 Å². The van der Waals surface area contributed by atoms with Crippen LogP contribution in [0.4, 0.5) is 0 Å². The lowest BCUT2D eigenvalue weighted by Crippen LogP contribution is -2.16. The first kappa shape index (κ1) is 12.3. The van der Waals surface area contributed by atoms with Gasteiger partial charge in [0.15, 0.2) is 11.5 Å². The first-order valence-corrected chi connectivity index (χ1v) is 5.29. The van der Waals surface area contributed by atoms with Gasteiger partial charge in [-0.15, -0.1) is 0 Å². The smallest absolute Gasteiger partial charge is 0.175 e. The van der Waals surface area contributed by atoms with Gasteiger partial charge in [-0.2, -0.15) is 0 Å². The molecule has 0 aliphatic carbocycles. The number of phenolic OH excluding ortho intramolecular Hbond substituents is 1. The molecule has 1 unspecified atom stereocenters. The minimum absolute atomic E-state index is 0.0328. The van der Waals surface area contributed by atoms with Crippen LogP contribution in [0.15, 0.2) is 16.6 Å². The van der Waals surface area contributed by atoms with Crippen molar-refractivity contribution in [3.63, 3.8) is 0 Å². The summed E-state index contributed by atoms with van der Waals surface area (Å²) >= 11 is 3.25. The van der Waals surface area contributed by atoms with E-state index in [-0.39, 0.29) is 5.75 Å². The van der Waals surface area contributed by atoms with E-state index >= 15 is 0 Å². The Hall–Kier alpha value is -0.780. The summed E-state index contributed by atoms with van der Waals surface area (Å²) in [7, 11) is 3.20. The van der Waals surface area contributed by atoms with Gasteiger partial charge in [-0.1, -0.05) is 6.07 Å². The summed E-state index contributed by atoms with van der Waals surface area (Å²) in [5.41, 5.74) is 0.449. The molecule has 3 N–H and O–H groups in total. The maximum Gasteiger partial charge on any atom is 0.175 e. The average Bonchev–Trinajstić information content (AvgIpc) is 2.18. The van der Waals surface area contributed by atoms with Crippen molar-refractivity contribution in [1.82, 2.24) is 5.32 Å². The summed E-state index contributed by atoms with van der Waals surface area (Å²) in [6.07, 6.45) is -0.753. The Morgan fingerprint density at radius 3 is 2.73 bits per heavy atom. The molecule has 0 radical (unpaired) electrons. The van der Waals surface area contributed by atoms with Crippen LogP contribution in [-0.2, 0) is 0 Å². The number of phenols is 1. The van der Waals surface area contributed by atoms with E-state index in [0.717, 1.165) is 0 Å². The van der Waals surface area contributed by atoms with E-state index in [1.165, 1.54) is 7.11 Å². The van der Waals surface area contributed by atoms with Gasteiger partial charge in [0.1, 0.15) is 0 Å². The number of halogens is 1. The topological polar surface area (TPSA) is 61.7 Å². The average molecular weight is 276 g/mol. The van der Waals surface area contributed by atoms with Crippen molar-refractivity contribution in [1.29, 1.82) is 0 Å². The molecule has 1 aromatic rings. The Labute approximate surface area is 97.0 Å². The van der Waals surface area contributed by atoms with Crippen molar-refractivity contribution in [2.45, 2.75) is 6.10 Å². The van der Waals surface area contributed by atoms with Crippen molar-refractivity contribution in [3.8, 4) is 11.5 Å². The predicted octanol–water partition coefficient (Wildman–Crippen LogP) is 1.42. The molecule has 1 rings (SSSR count). The second-order valence-corrected chi connectivity index (χ2v) is 3.95. The Balaban J connectivity index is 3.09. The number of ether oxygens (including phenoxy) is 1. The van der Waals surface area contributed by atoms with Gasteiger partial charge in [0.25, 0.3) is 0 Å². The van der Waals surface area contributed by atoms with E-state index in [1.807, 2.05) is 0 Å². The molecule has 0 saturated carbocycles. The van der Waals surface area contributed by atoms with Crippen LogP contribution in [0.1, 0.15) is 11.7 Å². The number of aliphatic hydroxyl groups is 1. The molecule has 1 aromatic carbocycles. The second kappa shape index (κ2) is 5.34. The molecule has 0 fully saturated rings. The lowest BCUT2D eigenvalue weighted by molar-refractivity contribution is 0.173. The Kier molecular flexibility index (Phi) is 4.38. The van der Waals surface area contributed by atoms with Gasteiger partial charge in [-0.3, -0.25) is 0 Å². The molecule has 0 aliphatic heterocycles. The molecular formula is C10H14BrNO3. The molecule has 0 spiro atoms. The number of likely N-dealkylation sites (N-methyl/N-ethyl adjacent to an activating group) is 1. The molecule has 0 amide bonds. The summed E-state index contributed by atoms with van der Waals surface area (Å²) in [4.78, 5) is 0. The minimum Gasteiger partial charge on any atom is -0.504 e. The number of methoxy groups -OCH3 is 1. The third-order valence-electron chi connectivity index (χ3n) is 2.08. The summed E-state index contributed by atoms with van der Waals surface area (Å²) in [6, 6.07) is 3.39. The molecule has 1 atom stereocenters. The third-order valence-corrected chi connectivity index (χ3v) is 2.70. The van der Waals surface area contributed by atoms with Gasteiger partial charge in [0, 0.05) is 12.1 Å². The van der Waals surface area contributed by atoms with Crippen molar-refractivity contribution in [3.05, 3.63) is 22.2 Å². The first-order valence-electron chi connectivity index (χ1n) is 4.49. The van der Waals surface area contributed by atoms with E-state index in [4.69, 9.17) is 4.74 Å². The molecule has 0 saturated heterocycles. The quantitative estimate of drug-likeness (QED) is 0.778. The van der Waals surface area contributed by atoms with E-state index < -0.39 is 6.10 Å². The van der Waals surface area contributed by atoms with E-state index in [2.05, 4.69) is 21.2 Å². The largest absolute Gasteiger partial charge is 0.504 e. The fourth-order valence-electron chi connectivity index (χ4n) is 1.33. The Bertz CT molecular complexity index is 344. The number of hydrogen-bond acceptors (Lipinski definition) is 4. The molecule has 0 heterocycles. The second-order valence-electron chi connectivity index (χ2n) is 3.09. The highest BCUT2D eigenvalue weighted by molar-refractivity contribution is 9.10. The number of hydrogen-bond donors (Lipinski definition) is 3.